The fraction of sp³-hybridized carbons (Fsp3) is 0.444. The molecule has 2 fully saturated rings. The lowest BCUT2D eigenvalue weighted by molar-refractivity contribution is -0.139. The van der Waals surface area contributed by atoms with Crippen molar-refractivity contribution in [2.24, 2.45) is 5.92 Å². The Morgan fingerprint density at radius 1 is 1.09 bits per heavy atom. The van der Waals surface area contributed by atoms with Crippen LogP contribution in [0.2, 0.25) is 0 Å². The van der Waals surface area contributed by atoms with E-state index in [9.17, 15) is 14.4 Å². The van der Waals surface area contributed by atoms with Crippen molar-refractivity contribution in [3.05, 3.63) is 64.7 Å². The quantitative estimate of drug-likeness (QED) is 0.722. The number of fused-ring (bicyclic) bond motifs is 1. The molecule has 2 aromatic rings. The van der Waals surface area contributed by atoms with Crippen molar-refractivity contribution in [1.82, 2.24) is 9.80 Å². The molecule has 0 radical (unpaired) electrons. The molecule has 0 saturated carbocycles. The molecular weight excluding hydrogens is 416 g/mol. The number of carbonyl (C=O) groups excluding carboxylic acids is 3. The van der Waals surface area contributed by atoms with Gasteiger partial charge in [0.15, 0.2) is 5.78 Å². The van der Waals surface area contributed by atoms with Gasteiger partial charge in [-0.1, -0.05) is 36.4 Å². The molecule has 33 heavy (non-hydrogen) atoms. The first-order valence-corrected chi connectivity index (χ1v) is 11.8. The number of benzene rings is 2. The van der Waals surface area contributed by atoms with E-state index in [-0.39, 0.29) is 29.9 Å². The number of nitrogens with zero attached hydrogens (tertiary/aromatic N) is 2. The molecule has 172 valence electrons. The number of hydrogen-bond acceptors (Lipinski definition) is 4. The smallest absolute Gasteiger partial charge is 0.227 e. The number of carbonyl (C=O) groups is 3. The Hall–Kier alpha value is -3.15. The van der Waals surface area contributed by atoms with Gasteiger partial charge in [0.05, 0.1) is 17.9 Å². The third-order valence-electron chi connectivity index (χ3n) is 7.29. The van der Waals surface area contributed by atoms with E-state index in [0.717, 1.165) is 16.7 Å². The number of ether oxygens (including phenoxy) is 1. The maximum Gasteiger partial charge on any atom is 0.227 e. The molecular formula is C27H30N2O4. The van der Waals surface area contributed by atoms with Crippen molar-refractivity contribution in [2.75, 3.05) is 19.6 Å². The van der Waals surface area contributed by atoms with Gasteiger partial charge in [0.25, 0.3) is 0 Å². The maximum absolute atomic E-state index is 13.2. The van der Waals surface area contributed by atoms with Crippen LogP contribution in [0.25, 0.3) is 0 Å². The third kappa shape index (κ3) is 4.14. The van der Waals surface area contributed by atoms with Crippen molar-refractivity contribution in [2.45, 2.75) is 51.7 Å². The average molecular weight is 447 g/mol. The van der Waals surface area contributed by atoms with Crippen molar-refractivity contribution in [3.8, 4) is 5.75 Å². The van der Waals surface area contributed by atoms with Crippen molar-refractivity contribution in [3.63, 3.8) is 0 Å². The molecule has 2 saturated heterocycles. The van der Waals surface area contributed by atoms with E-state index in [0.29, 0.717) is 56.8 Å². The number of aryl methyl sites for hydroxylation is 2. The van der Waals surface area contributed by atoms with Crippen molar-refractivity contribution in [1.29, 1.82) is 0 Å². The minimum absolute atomic E-state index is 0.0364. The van der Waals surface area contributed by atoms with Gasteiger partial charge in [0.1, 0.15) is 11.4 Å². The number of hydrogen-bond donors (Lipinski definition) is 0. The number of ketones is 1. The van der Waals surface area contributed by atoms with Gasteiger partial charge in [-0.2, -0.15) is 0 Å². The Morgan fingerprint density at radius 2 is 1.82 bits per heavy atom. The van der Waals surface area contributed by atoms with E-state index >= 15 is 0 Å². The highest BCUT2D eigenvalue weighted by Crippen LogP contribution is 2.41. The highest BCUT2D eigenvalue weighted by Gasteiger charge is 2.45. The van der Waals surface area contributed by atoms with Crippen LogP contribution in [0.1, 0.15) is 52.7 Å². The van der Waals surface area contributed by atoms with Crippen LogP contribution in [0.3, 0.4) is 0 Å². The summed E-state index contributed by atoms with van der Waals surface area (Å²) in [4.78, 5) is 42.3. The van der Waals surface area contributed by atoms with Gasteiger partial charge in [0.2, 0.25) is 11.8 Å². The second kappa shape index (κ2) is 8.32. The Labute approximate surface area is 194 Å². The van der Waals surface area contributed by atoms with Crippen LogP contribution in [0, 0.1) is 19.8 Å². The molecule has 0 N–H and O–H groups in total. The van der Waals surface area contributed by atoms with Crippen LogP contribution in [0.5, 0.6) is 5.75 Å². The summed E-state index contributed by atoms with van der Waals surface area (Å²) < 4.78 is 6.45. The predicted molar refractivity (Wildman–Crippen MR) is 124 cm³/mol. The first kappa shape index (κ1) is 21.7. The summed E-state index contributed by atoms with van der Waals surface area (Å²) in [5.74, 6) is 0.614. The van der Waals surface area contributed by atoms with Gasteiger partial charge in [-0.25, -0.2) is 0 Å². The number of likely N-dealkylation sites (tertiary alicyclic amines) is 2. The molecule has 6 nitrogen and oxygen atoms in total. The molecule has 3 aliphatic heterocycles. The van der Waals surface area contributed by atoms with Crippen LogP contribution >= 0.6 is 0 Å². The standard InChI is InChI=1S/C27H30N2O4/c1-18-12-19(2)25-22(13-18)23(30)15-27(33-25)8-10-28(11-9-27)26(32)21-14-24(31)29(17-21)16-20-6-4-3-5-7-20/h3-7,12-13,21H,8-11,14-17H2,1-2H3. The van der Waals surface area contributed by atoms with Gasteiger partial charge in [-0.05, 0) is 36.6 Å². The molecule has 1 spiro atoms. The highest BCUT2D eigenvalue weighted by molar-refractivity contribution is 6.01. The molecule has 0 aromatic heterocycles. The summed E-state index contributed by atoms with van der Waals surface area (Å²) in [5, 5.41) is 0. The zero-order valence-electron chi connectivity index (χ0n) is 19.3. The van der Waals surface area contributed by atoms with E-state index < -0.39 is 5.60 Å². The molecule has 2 aromatic carbocycles. The Bertz CT molecular complexity index is 1100. The first-order chi connectivity index (χ1) is 15.8. The zero-order chi connectivity index (χ0) is 23.2. The molecule has 1 unspecified atom stereocenters. The van der Waals surface area contributed by atoms with E-state index in [1.165, 1.54) is 0 Å². The third-order valence-corrected chi connectivity index (χ3v) is 7.29. The van der Waals surface area contributed by atoms with Crippen molar-refractivity contribution >= 4 is 17.6 Å². The maximum atomic E-state index is 13.2. The lowest BCUT2D eigenvalue weighted by atomic mass is 9.81. The summed E-state index contributed by atoms with van der Waals surface area (Å²) in [5.41, 5.74) is 3.26. The fourth-order valence-corrected chi connectivity index (χ4v) is 5.50. The SMILES string of the molecule is Cc1cc(C)c2c(c1)C(=O)CC1(CCN(C(=O)C3CC(=O)N(Cc4ccccc4)C3)CC1)O2. The van der Waals surface area contributed by atoms with Crippen molar-refractivity contribution < 1.29 is 19.1 Å². The lowest BCUT2D eigenvalue weighted by Gasteiger charge is -2.44. The van der Waals surface area contributed by atoms with E-state index in [1.54, 1.807) is 4.90 Å². The summed E-state index contributed by atoms with van der Waals surface area (Å²) in [6, 6.07) is 13.8. The van der Waals surface area contributed by atoms with Gasteiger partial charge in [0, 0.05) is 45.4 Å². The van der Waals surface area contributed by atoms with Crippen LogP contribution in [0.4, 0.5) is 0 Å². The second-order valence-corrected chi connectivity index (χ2v) is 9.83. The van der Waals surface area contributed by atoms with Crippen LogP contribution in [-0.4, -0.2) is 52.6 Å². The highest BCUT2D eigenvalue weighted by atomic mass is 16.5. The largest absolute Gasteiger partial charge is 0.486 e. The molecule has 6 heteroatoms. The van der Waals surface area contributed by atoms with Crippen LogP contribution in [-0.2, 0) is 16.1 Å². The molecule has 1 atom stereocenters. The van der Waals surface area contributed by atoms with Gasteiger partial charge >= 0.3 is 0 Å². The summed E-state index contributed by atoms with van der Waals surface area (Å²) in [7, 11) is 0. The average Bonchev–Trinajstić information content (AvgIpc) is 3.16. The Kier molecular flexibility index (Phi) is 5.47. The number of piperidine rings is 1. The van der Waals surface area contributed by atoms with Gasteiger partial charge in [-0.3, -0.25) is 14.4 Å². The van der Waals surface area contributed by atoms with Crippen LogP contribution in [0.15, 0.2) is 42.5 Å². The summed E-state index contributed by atoms with van der Waals surface area (Å²) >= 11 is 0. The molecule has 5 rings (SSSR count). The van der Waals surface area contributed by atoms with E-state index in [2.05, 4.69) is 0 Å². The van der Waals surface area contributed by atoms with Crippen LogP contribution < -0.4 is 4.74 Å². The Morgan fingerprint density at radius 3 is 2.55 bits per heavy atom. The monoisotopic (exact) mass is 446 g/mol. The Balaban J connectivity index is 1.22. The number of amides is 2. The lowest BCUT2D eigenvalue weighted by Crippen LogP contribution is -2.53. The molecule has 3 aliphatic rings. The summed E-state index contributed by atoms with van der Waals surface area (Å²) in [6.45, 7) is 6.08. The minimum atomic E-state index is -0.536. The number of Topliss-reactive ketones (excluding diaryl/α,β-unsaturated/α-hetero) is 1. The first-order valence-electron chi connectivity index (χ1n) is 11.8. The molecule has 0 bridgehead atoms. The van der Waals surface area contributed by atoms with Gasteiger partial charge in [-0.15, -0.1) is 0 Å². The topological polar surface area (TPSA) is 66.9 Å². The predicted octanol–water partition coefficient (Wildman–Crippen LogP) is 3.68. The normalized spacial score (nSPS) is 21.8. The molecule has 2 amide bonds. The zero-order valence-corrected chi connectivity index (χ0v) is 19.3. The van der Waals surface area contributed by atoms with E-state index in [4.69, 9.17) is 4.74 Å². The fourth-order valence-electron chi connectivity index (χ4n) is 5.50. The number of rotatable bonds is 3. The second-order valence-electron chi connectivity index (χ2n) is 9.83. The summed E-state index contributed by atoms with van der Waals surface area (Å²) in [6.07, 6.45) is 1.89. The minimum Gasteiger partial charge on any atom is -0.486 e. The molecule has 3 heterocycles. The van der Waals surface area contributed by atoms with E-state index in [1.807, 2.05) is 61.2 Å². The van der Waals surface area contributed by atoms with Gasteiger partial charge < -0.3 is 14.5 Å². The molecule has 0 aliphatic carbocycles.